The highest BCUT2D eigenvalue weighted by Gasteiger charge is 2.38. The van der Waals surface area contributed by atoms with Gasteiger partial charge in [0, 0.05) is 5.92 Å². The minimum atomic E-state index is -1.04. The molecular formula is C24H35NO7. The number of carbonyl (C=O) groups excluding carboxylic acids is 3. The van der Waals surface area contributed by atoms with Gasteiger partial charge in [-0.3, -0.25) is 4.79 Å². The lowest BCUT2D eigenvalue weighted by Gasteiger charge is -2.31. The number of ether oxygens (including phenoxy) is 4. The molecule has 8 heteroatoms. The van der Waals surface area contributed by atoms with Crippen LogP contribution in [-0.4, -0.2) is 55.1 Å². The van der Waals surface area contributed by atoms with Gasteiger partial charge < -0.3 is 24.3 Å². The lowest BCUT2D eigenvalue weighted by molar-refractivity contribution is -0.173. The number of hydrogen-bond donors (Lipinski definition) is 1. The van der Waals surface area contributed by atoms with Gasteiger partial charge in [-0.25, -0.2) is 9.59 Å². The van der Waals surface area contributed by atoms with E-state index in [0.29, 0.717) is 6.42 Å². The Balaban J connectivity index is 2.21. The summed E-state index contributed by atoms with van der Waals surface area (Å²) >= 11 is 0. The fraction of sp³-hybridized carbons (Fsp3) is 0.625. The molecule has 1 heterocycles. The van der Waals surface area contributed by atoms with Crippen LogP contribution in [0.1, 0.15) is 47.1 Å². The molecule has 0 radical (unpaired) electrons. The number of nitrogens with one attached hydrogen (secondary N) is 1. The van der Waals surface area contributed by atoms with E-state index in [2.05, 4.69) is 5.32 Å². The number of esters is 2. The molecule has 1 amide bonds. The SMILES string of the molecule is CC(C)C(=O)O[C@@H]1[C@H](Cc2ccccc2)COC[C@H](NC(=O)OC(C)(C)C)C(=O)O[C@H]1C. The van der Waals surface area contributed by atoms with Gasteiger partial charge in [0.05, 0.1) is 19.1 Å². The summed E-state index contributed by atoms with van der Waals surface area (Å²) in [5.74, 6) is -1.62. The zero-order valence-electron chi connectivity index (χ0n) is 19.8. The van der Waals surface area contributed by atoms with Crippen molar-refractivity contribution in [3.63, 3.8) is 0 Å². The van der Waals surface area contributed by atoms with Crippen molar-refractivity contribution in [3.8, 4) is 0 Å². The second-order valence-corrected chi connectivity index (χ2v) is 9.38. The summed E-state index contributed by atoms with van der Waals surface area (Å²) in [6.07, 6.45) is -1.60. The smallest absolute Gasteiger partial charge is 0.408 e. The molecule has 4 atom stereocenters. The van der Waals surface area contributed by atoms with Gasteiger partial charge in [-0.15, -0.1) is 0 Å². The molecule has 1 fully saturated rings. The van der Waals surface area contributed by atoms with Crippen LogP contribution in [0.25, 0.3) is 0 Å². The Morgan fingerprint density at radius 3 is 2.41 bits per heavy atom. The first-order valence-corrected chi connectivity index (χ1v) is 11.0. The standard InChI is InChI=1S/C24H35NO7/c1-15(2)21(26)31-20-16(3)30-22(27)19(25-23(28)32-24(4,5)6)14-29-13-18(20)12-17-10-8-7-9-11-17/h7-11,15-16,18-20H,12-14H2,1-6H3,(H,25,28)/t16-,18+,19-,20-/m0/s1. The fourth-order valence-electron chi connectivity index (χ4n) is 3.32. The number of benzene rings is 1. The lowest BCUT2D eigenvalue weighted by atomic mass is 9.91. The van der Waals surface area contributed by atoms with E-state index in [1.54, 1.807) is 41.5 Å². The molecule has 1 aliphatic rings. The van der Waals surface area contributed by atoms with Gasteiger partial charge in [-0.1, -0.05) is 44.2 Å². The summed E-state index contributed by atoms with van der Waals surface area (Å²) in [7, 11) is 0. The molecule has 178 valence electrons. The summed E-state index contributed by atoms with van der Waals surface area (Å²) in [5, 5.41) is 2.51. The molecular weight excluding hydrogens is 414 g/mol. The van der Waals surface area contributed by atoms with Gasteiger partial charge in [-0.05, 0) is 39.7 Å². The Bertz CT molecular complexity index is 772. The second kappa shape index (κ2) is 11.3. The van der Waals surface area contributed by atoms with Gasteiger partial charge in [-0.2, -0.15) is 0 Å². The van der Waals surface area contributed by atoms with Gasteiger partial charge >= 0.3 is 18.0 Å². The molecule has 8 nitrogen and oxygen atoms in total. The third kappa shape index (κ3) is 8.15. The predicted octanol–water partition coefficient (Wildman–Crippen LogP) is 3.27. The molecule has 32 heavy (non-hydrogen) atoms. The molecule has 0 unspecified atom stereocenters. The Morgan fingerprint density at radius 2 is 1.81 bits per heavy atom. The minimum Gasteiger partial charge on any atom is -0.458 e. The molecule has 0 saturated carbocycles. The summed E-state index contributed by atoms with van der Waals surface area (Å²) in [5.41, 5.74) is 0.338. The largest absolute Gasteiger partial charge is 0.458 e. The maximum absolute atomic E-state index is 12.7. The molecule has 1 aliphatic heterocycles. The van der Waals surface area contributed by atoms with Crippen molar-refractivity contribution in [2.75, 3.05) is 13.2 Å². The molecule has 2 rings (SSSR count). The van der Waals surface area contributed by atoms with E-state index in [-0.39, 0.29) is 31.0 Å². The highest BCUT2D eigenvalue weighted by Crippen LogP contribution is 2.23. The maximum atomic E-state index is 12.7. The Labute approximate surface area is 189 Å². The minimum absolute atomic E-state index is 0.0824. The van der Waals surface area contributed by atoms with Crippen LogP contribution in [0.5, 0.6) is 0 Å². The summed E-state index contributed by atoms with van der Waals surface area (Å²) < 4.78 is 22.4. The quantitative estimate of drug-likeness (QED) is 0.544. The normalized spacial score (nSPS) is 24.5. The Morgan fingerprint density at radius 1 is 1.16 bits per heavy atom. The van der Waals surface area contributed by atoms with Crippen molar-refractivity contribution in [3.05, 3.63) is 35.9 Å². The van der Waals surface area contributed by atoms with Crippen LogP contribution in [0.3, 0.4) is 0 Å². The molecule has 1 saturated heterocycles. The molecule has 1 aromatic carbocycles. The summed E-state index contributed by atoms with van der Waals surface area (Å²) in [6.45, 7) is 10.5. The number of alkyl carbamates (subject to hydrolysis) is 1. The first-order valence-electron chi connectivity index (χ1n) is 11.0. The van der Waals surface area contributed by atoms with Crippen LogP contribution in [0.4, 0.5) is 4.79 Å². The van der Waals surface area contributed by atoms with Crippen LogP contribution in [0.2, 0.25) is 0 Å². The van der Waals surface area contributed by atoms with Crippen LogP contribution in [-0.2, 0) is 35.0 Å². The maximum Gasteiger partial charge on any atom is 0.408 e. The van der Waals surface area contributed by atoms with E-state index in [4.69, 9.17) is 18.9 Å². The van der Waals surface area contributed by atoms with Crippen molar-refractivity contribution in [2.24, 2.45) is 11.8 Å². The zero-order valence-corrected chi connectivity index (χ0v) is 19.8. The number of rotatable bonds is 5. The van der Waals surface area contributed by atoms with Gasteiger partial charge in [0.25, 0.3) is 0 Å². The van der Waals surface area contributed by atoms with E-state index in [1.165, 1.54) is 0 Å². The Hall–Kier alpha value is -2.61. The summed E-state index contributed by atoms with van der Waals surface area (Å²) in [6, 6.07) is 8.73. The van der Waals surface area contributed by atoms with Crippen molar-refractivity contribution < 1.29 is 33.3 Å². The van der Waals surface area contributed by atoms with Gasteiger partial charge in [0.2, 0.25) is 0 Å². The van der Waals surface area contributed by atoms with E-state index in [1.807, 2.05) is 30.3 Å². The summed E-state index contributed by atoms with van der Waals surface area (Å²) in [4.78, 5) is 37.3. The van der Waals surface area contributed by atoms with Crippen molar-refractivity contribution in [1.82, 2.24) is 5.32 Å². The Kier molecular flexibility index (Phi) is 9.07. The van der Waals surface area contributed by atoms with Crippen molar-refractivity contribution >= 4 is 18.0 Å². The molecule has 0 aromatic heterocycles. The first kappa shape index (κ1) is 25.6. The predicted molar refractivity (Wildman–Crippen MR) is 118 cm³/mol. The third-order valence-corrected chi connectivity index (χ3v) is 4.89. The average molecular weight is 450 g/mol. The molecule has 0 aliphatic carbocycles. The topological polar surface area (TPSA) is 100 Å². The second-order valence-electron chi connectivity index (χ2n) is 9.38. The number of amides is 1. The van der Waals surface area contributed by atoms with Crippen LogP contribution < -0.4 is 5.32 Å². The number of hydrogen-bond acceptors (Lipinski definition) is 7. The van der Waals surface area contributed by atoms with Crippen LogP contribution >= 0.6 is 0 Å². The van der Waals surface area contributed by atoms with Crippen LogP contribution in [0.15, 0.2) is 30.3 Å². The highest BCUT2D eigenvalue weighted by molar-refractivity contribution is 5.81. The third-order valence-electron chi connectivity index (χ3n) is 4.89. The van der Waals surface area contributed by atoms with Gasteiger partial charge in [0.15, 0.2) is 6.04 Å². The van der Waals surface area contributed by atoms with E-state index in [0.717, 1.165) is 5.56 Å². The molecule has 1 aromatic rings. The number of carbonyl (C=O) groups is 3. The molecule has 0 bridgehead atoms. The average Bonchev–Trinajstić information content (AvgIpc) is 2.73. The van der Waals surface area contributed by atoms with E-state index in [9.17, 15) is 14.4 Å². The lowest BCUT2D eigenvalue weighted by Crippen LogP contribution is -2.48. The van der Waals surface area contributed by atoms with E-state index >= 15 is 0 Å². The first-order chi connectivity index (χ1) is 15.0. The monoisotopic (exact) mass is 449 g/mol. The number of cyclic esters (lactones) is 1. The molecule has 1 N–H and O–H groups in total. The van der Waals surface area contributed by atoms with E-state index < -0.39 is 35.9 Å². The van der Waals surface area contributed by atoms with Crippen molar-refractivity contribution in [1.29, 1.82) is 0 Å². The highest BCUT2D eigenvalue weighted by atomic mass is 16.6. The van der Waals surface area contributed by atoms with Crippen LogP contribution in [0, 0.1) is 11.8 Å². The molecule has 0 spiro atoms. The fourth-order valence-corrected chi connectivity index (χ4v) is 3.32. The van der Waals surface area contributed by atoms with Gasteiger partial charge in [0.1, 0.15) is 17.8 Å². The zero-order chi connectivity index (χ0) is 23.9. The van der Waals surface area contributed by atoms with Crippen molar-refractivity contribution in [2.45, 2.75) is 71.8 Å².